The number of hydrogen-bond donors (Lipinski definition) is 2. The molecule has 0 fully saturated rings. The van der Waals surface area contributed by atoms with Gasteiger partial charge in [-0.25, -0.2) is 4.63 Å². The molecule has 0 saturated carbocycles. The number of carbonyl (C=O) groups is 1. The van der Waals surface area contributed by atoms with Gasteiger partial charge in [0.15, 0.2) is 0 Å². The summed E-state index contributed by atoms with van der Waals surface area (Å²) in [7, 11) is 0. The molecule has 15 heavy (non-hydrogen) atoms. The molecule has 84 valence electrons. The third kappa shape index (κ3) is 3.88. The maximum absolute atomic E-state index is 10.4. The van der Waals surface area contributed by atoms with E-state index in [9.17, 15) is 4.79 Å². The summed E-state index contributed by atoms with van der Waals surface area (Å²) in [4.78, 5) is 10.4. The van der Waals surface area contributed by atoms with Crippen LogP contribution in [0.15, 0.2) is 4.63 Å². The molecule has 0 aliphatic carbocycles. The third-order valence-corrected chi connectivity index (χ3v) is 2.88. The fourth-order valence-corrected chi connectivity index (χ4v) is 1.90. The van der Waals surface area contributed by atoms with Gasteiger partial charge < -0.3 is 10.8 Å². The number of aryl methyl sites for hydroxylation is 1. The number of hydrogen-bond acceptors (Lipinski definition) is 6. The number of nitrogens with zero attached hydrogens (tertiary/aromatic N) is 2. The van der Waals surface area contributed by atoms with E-state index < -0.39 is 12.0 Å². The minimum atomic E-state index is -0.963. The van der Waals surface area contributed by atoms with Crippen LogP contribution in [-0.2, 0) is 10.5 Å². The molecule has 0 radical (unpaired) electrons. The maximum Gasteiger partial charge on any atom is 0.320 e. The van der Waals surface area contributed by atoms with Gasteiger partial charge in [0.2, 0.25) is 0 Å². The summed E-state index contributed by atoms with van der Waals surface area (Å²) in [6.45, 7) is 1.81. The Morgan fingerprint density at radius 3 is 2.93 bits per heavy atom. The average Bonchev–Trinajstić information content (AvgIpc) is 2.58. The van der Waals surface area contributed by atoms with Crippen LogP contribution in [0.4, 0.5) is 0 Å². The fourth-order valence-electron chi connectivity index (χ4n) is 0.883. The van der Waals surface area contributed by atoms with E-state index in [1.165, 1.54) is 0 Å². The second-order valence-electron chi connectivity index (χ2n) is 3.08. The zero-order valence-electron chi connectivity index (χ0n) is 8.34. The largest absolute Gasteiger partial charge is 0.480 e. The van der Waals surface area contributed by atoms with Crippen molar-refractivity contribution in [2.75, 3.05) is 5.75 Å². The van der Waals surface area contributed by atoms with Crippen LogP contribution in [0.25, 0.3) is 0 Å². The van der Waals surface area contributed by atoms with Crippen LogP contribution in [0.2, 0.25) is 0 Å². The Labute approximate surface area is 91.2 Å². The maximum atomic E-state index is 10.4. The summed E-state index contributed by atoms with van der Waals surface area (Å²) in [5, 5.41) is 15.9. The highest BCUT2D eigenvalue weighted by Crippen LogP contribution is 2.13. The summed E-state index contributed by atoms with van der Waals surface area (Å²) in [5.74, 6) is 0.386. The molecule has 7 heteroatoms. The highest BCUT2D eigenvalue weighted by atomic mass is 32.2. The lowest BCUT2D eigenvalue weighted by molar-refractivity contribution is -0.138. The van der Waals surface area contributed by atoms with Crippen LogP contribution < -0.4 is 5.73 Å². The predicted molar refractivity (Wildman–Crippen MR) is 55.4 cm³/mol. The number of carboxylic acid groups (broad SMARTS) is 1. The van der Waals surface area contributed by atoms with E-state index in [0.717, 1.165) is 11.4 Å². The first-order chi connectivity index (χ1) is 7.11. The lowest BCUT2D eigenvalue weighted by atomic mass is 10.2. The molecule has 1 unspecified atom stereocenters. The second kappa shape index (κ2) is 5.72. The number of carboxylic acids is 1. The van der Waals surface area contributed by atoms with E-state index in [4.69, 9.17) is 10.8 Å². The monoisotopic (exact) mass is 231 g/mol. The molecule has 0 spiro atoms. The SMILES string of the molecule is Cc1nonc1CSCCC(N)C(=O)O. The highest BCUT2D eigenvalue weighted by molar-refractivity contribution is 7.98. The Morgan fingerprint density at radius 2 is 2.40 bits per heavy atom. The van der Waals surface area contributed by atoms with Crippen molar-refractivity contribution < 1.29 is 14.5 Å². The zero-order valence-corrected chi connectivity index (χ0v) is 9.16. The Morgan fingerprint density at radius 1 is 1.67 bits per heavy atom. The number of aromatic nitrogens is 2. The van der Waals surface area contributed by atoms with Crippen molar-refractivity contribution in [1.29, 1.82) is 0 Å². The highest BCUT2D eigenvalue weighted by Gasteiger charge is 2.11. The molecule has 1 atom stereocenters. The fraction of sp³-hybridized carbons (Fsp3) is 0.625. The first kappa shape index (κ1) is 12.0. The van der Waals surface area contributed by atoms with Crippen molar-refractivity contribution in [2.24, 2.45) is 5.73 Å². The minimum Gasteiger partial charge on any atom is -0.480 e. The number of nitrogens with two attached hydrogens (primary N) is 1. The van der Waals surface area contributed by atoms with Gasteiger partial charge in [-0.05, 0) is 19.1 Å². The molecular weight excluding hydrogens is 218 g/mol. The van der Waals surface area contributed by atoms with E-state index in [2.05, 4.69) is 14.9 Å². The van der Waals surface area contributed by atoms with Gasteiger partial charge in [0, 0.05) is 5.75 Å². The lowest BCUT2D eigenvalue weighted by Gasteiger charge is -2.04. The van der Waals surface area contributed by atoms with Gasteiger partial charge in [-0.1, -0.05) is 10.3 Å². The van der Waals surface area contributed by atoms with Gasteiger partial charge in [0.05, 0.1) is 0 Å². The molecule has 0 aromatic carbocycles. The molecule has 1 rings (SSSR count). The number of aliphatic carboxylic acids is 1. The Balaban J connectivity index is 2.17. The summed E-state index contributed by atoms with van der Waals surface area (Å²) in [6, 6.07) is -0.783. The lowest BCUT2D eigenvalue weighted by Crippen LogP contribution is -2.30. The standard InChI is InChI=1S/C8H13N3O3S/c1-5-7(11-14-10-5)4-15-3-2-6(9)8(12)13/h6H,2-4,9H2,1H3,(H,12,13). The summed E-state index contributed by atoms with van der Waals surface area (Å²) in [6.07, 6.45) is 0.449. The van der Waals surface area contributed by atoms with Crippen LogP contribution >= 0.6 is 11.8 Å². The molecule has 0 aliphatic heterocycles. The minimum absolute atomic E-state index is 0.449. The Bertz CT molecular complexity index is 329. The van der Waals surface area contributed by atoms with Crippen molar-refractivity contribution in [3.8, 4) is 0 Å². The van der Waals surface area contributed by atoms with Gasteiger partial charge in [0.25, 0.3) is 0 Å². The molecule has 1 aromatic rings. The molecule has 0 aliphatic rings. The number of thioether (sulfide) groups is 1. The predicted octanol–water partition coefficient (Wildman–Crippen LogP) is 0.413. The molecule has 0 amide bonds. The van der Waals surface area contributed by atoms with E-state index in [1.807, 2.05) is 6.92 Å². The molecular formula is C8H13N3O3S. The summed E-state index contributed by atoms with van der Waals surface area (Å²) >= 11 is 1.57. The smallest absolute Gasteiger partial charge is 0.320 e. The zero-order chi connectivity index (χ0) is 11.3. The summed E-state index contributed by atoms with van der Waals surface area (Å²) < 4.78 is 4.53. The van der Waals surface area contributed by atoms with E-state index in [1.54, 1.807) is 11.8 Å². The van der Waals surface area contributed by atoms with Crippen LogP contribution in [0.3, 0.4) is 0 Å². The van der Waals surface area contributed by atoms with Crippen LogP contribution in [0.5, 0.6) is 0 Å². The first-order valence-electron chi connectivity index (χ1n) is 4.45. The van der Waals surface area contributed by atoms with Gasteiger partial charge in [0.1, 0.15) is 17.4 Å². The first-order valence-corrected chi connectivity index (χ1v) is 5.61. The van der Waals surface area contributed by atoms with Crippen molar-refractivity contribution in [3.05, 3.63) is 11.4 Å². The van der Waals surface area contributed by atoms with Gasteiger partial charge in [-0.3, -0.25) is 4.79 Å². The Hall–Kier alpha value is -1.08. The van der Waals surface area contributed by atoms with Gasteiger partial charge in [-0.15, -0.1) is 0 Å². The number of rotatable bonds is 6. The van der Waals surface area contributed by atoms with Crippen molar-refractivity contribution in [3.63, 3.8) is 0 Å². The summed E-state index contributed by atoms with van der Waals surface area (Å²) in [5.41, 5.74) is 6.91. The van der Waals surface area contributed by atoms with Crippen LogP contribution in [-0.4, -0.2) is 33.2 Å². The third-order valence-electron chi connectivity index (χ3n) is 1.88. The molecule has 0 saturated heterocycles. The quantitative estimate of drug-likeness (QED) is 0.683. The van der Waals surface area contributed by atoms with Crippen LogP contribution in [0.1, 0.15) is 17.8 Å². The Kier molecular flexibility index (Phi) is 4.57. The average molecular weight is 231 g/mol. The molecule has 1 heterocycles. The van der Waals surface area contributed by atoms with Crippen molar-refractivity contribution in [2.45, 2.75) is 25.1 Å². The topological polar surface area (TPSA) is 102 Å². The van der Waals surface area contributed by atoms with E-state index in [0.29, 0.717) is 17.9 Å². The van der Waals surface area contributed by atoms with Gasteiger partial charge >= 0.3 is 5.97 Å². The van der Waals surface area contributed by atoms with Crippen molar-refractivity contribution >= 4 is 17.7 Å². The van der Waals surface area contributed by atoms with Crippen LogP contribution in [0, 0.1) is 6.92 Å². The van der Waals surface area contributed by atoms with E-state index >= 15 is 0 Å². The second-order valence-corrected chi connectivity index (χ2v) is 4.19. The molecule has 1 aromatic heterocycles. The molecule has 3 N–H and O–H groups in total. The normalized spacial score (nSPS) is 12.7. The van der Waals surface area contributed by atoms with Crippen molar-refractivity contribution in [1.82, 2.24) is 10.3 Å². The molecule has 6 nitrogen and oxygen atoms in total. The van der Waals surface area contributed by atoms with E-state index in [-0.39, 0.29) is 0 Å². The van der Waals surface area contributed by atoms with Gasteiger partial charge in [-0.2, -0.15) is 11.8 Å². The molecule has 0 bridgehead atoms.